The first kappa shape index (κ1) is 23.0. The van der Waals surface area contributed by atoms with Gasteiger partial charge >= 0.3 is 0 Å². The Morgan fingerprint density at radius 3 is 2.60 bits per heavy atom. The second-order valence-corrected chi connectivity index (χ2v) is 9.10. The third-order valence-corrected chi connectivity index (χ3v) is 6.65. The first-order chi connectivity index (χ1) is 17.2. The van der Waals surface area contributed by atoms with Gasteiger partial charge in [-0.25, -0.2) is 4.98 Å². The summed E-state index contributed by atoms with van der Waals surface area (Å²) in [6.45, 7) is 1.52. The molecule has 0 saturated heterocycles. The van der Waals surface area contributed by atoms with Gasteiger partial charge in [-0.3, -0.25) is 14.2 Å². The highest BCUT2D eigenvalue weighted by atomic mass is 32.2. The number of aryl methyl sites for hydroxylation is 1. The molecule has 4 aromatic rings. The molecule has 0 radical (unpaired) electrons. The molecule has 5 rings (SSSR count). The Balaban J connectivity index is 1.30. The number of aromatic nitrogens is 2. The molecule has 0 fully saturated rings. The van der Waals surface area contributed by atoms with Crippen LogP contribution in [0.25, 0.3) is 10.9 Å². The highest BCUT2D eigenvalue weighted by Gasteiger charge is 2.15. The van der Waals surface area contributed by atoms with Crippen molar-refractivity contribution in [2.75, 3.05) is 24.3 Å². The summed E-state index contributed by atoms with van der Waals surface area (Å²) < 4.78 is 12.8. The number of thioether (sulfide) groups is 1. The van der Waals surface area contributed by atoms with Crippen LogP contribution in [0.4, 0.5) is 5.69 Å². The topological polar surface area (TPSA) is 82.5 Å². The fraction of sp³-hybridized carbons (Fsp3) is 0.222. The van der Waals surface area contributed by atoms with E-state index in [1.54, 1.807) is 28.8 Å². The maximum atomic E-state index is 13.2. The summed E-state index contributed by atoms with van der Waals surface area (Å²) in [5, 5.41) is 4.01. The number of carbonyl (C=O) groups excluding carboxylic acids is 1. The quantitative estimate of drug-likeness (QED) is 0.290. The van der Waals surface area contributed by atoms with E-state index in [1.807, 2.05) is 36.4 Å². The molecule has 0 atom stereocenters. The number of rotatable bonds is 8. The zero-order valence-corrected chi connectivity index (χ0v) is 19.9. The molecule has 0 spiro atoms. The highest BCUT2D eigenvalue weighted by Crippen LogP contribution is 2.32. The van der Waals surface area contributed by atoms with Crippen LogP contribution in [-0.4, -0.2) is 34.4 Å². The summed E-state index contributed by atoms with van der Waals surface area (Å²) in [7, 11) is 0. The van der Waals surface area contributed by atoms with Gasteiger partial charge in [-0.1, -0.05) is 54.2 Å². The van der Waals surface area contributed by atoms with E-state index in [1.165, 1.54) is 17.3 Å². The van der Waals surface area contributed by atoms with Gasteiger partial charge in [0.05, 0.1) is 16.7 Å². The minimum absolute atomic E-state index is 0.0848. The summed E-state index contributed by atoms with van der Waals surface area (Å²) in [5.41, 5.74) is 2.40. The van der Waals surface area contributed by atoms with Crippen molar-refractivity contribution in [3.63, 3.8) is 0 Å². The van der Waals surface area contributed by atoms with E-state index in [9.17, 15) is 9.59 Å². The number of ether oxygens (including phenoxy) is 2. The lowest BCUT2D eigenvalue weighted by atomic mass is 10.1. The minimum Gasteiger partial charge on any atom is -0.486 e. The molecule has 7 nitrogen and oxygen atoms in total. The van der Waals surface area contributed by atoms with Crippen LogP contribution in [0.1, 0.15) is 12.0 Å². The Hall–Kier alpha value is -3.78. The van der Waals surface area contributed by atoms with Crippen molar-refractivity contribution in [3.8, 4) is 11.5 Å². The largest absolute Gasteiger partial charge is 0.486 e. The number of amides is 1. The highest BCUT2D eigenvalue weighted by molar-refractivity contribution is 7.99. The molecule has 1 N–H and O–H groups in total. The van der Waals surface area contributed by atoms with Gasteiger partial charge in [-0.05, 0) is 42.7 Å². The van der Waals surface area contributed by atoms with Gasteiger partial charge in [-0.2, -0.15) is 0 Å². The van der Waals surface area contributed by atoms with Crippen molar-refractivity contribution >= 4 is 34.3 Å². The van der Waals surface area contributed by atoms with Crippen LogP contribution in [-0.2, 0) is 17.8 Å². The Morgan fingerprint density at radius 1 is 0.971 bits per heavy atom. The van der Waals surface area contributed by atoms with Crippen molar-refractivity contribution < 1.29 is 14.3 Å². The first-order valence-corrected chi connectivity index (χ1v) is 12.5. The molecule has 3 aromatic carbocycles. The predicted octanol–water partition coefficient (Wildman–Crippen LogP) is 4.53. The van der Waals surface area contributed by atoms with Crippen LogP contribution < -0.4 is 20.3 Å². The summed E-state index contributed by atoms with van der Waals surface area (Å²) in [5.74, 6) is 1.22. The van der Waals surface area contributed by atoms with Crippen LogP contribution in [0.3, 0.4) is 0 Å². The van der Waals surface area contributed by atoms with E-state index < -0.39 is 0 Å². The summed E-state index contributed by atoms with van der Waals surface area (Å²) in [6.07, 6.45) is 1.65. The molecule has 0 unspecified atom stereocenters. The molecule has 178 valence electrons. The molecule has 35 heavy (non-hydrogen) atoms. The molecule has 0 bridgehead atoms. The molecule has 1 aliphatic rings. The Kier molecular flexibility index (Phi) is 6.99. The lowest BCUT2D eigenvalue weighted by molar-refractivity contribution is -0.113. The van der Waals surface area contributed by atoms with E-state index in [4.69, 9.17) is 14.5 Å². The van der Waals surface area contributed by atoms with E-state index in [0.29, 0.717) is 53.0 Å². The fourth-order valence-corrected chi connectivity index (χ4v) is 4.81. The third-order valence-electron chi connectivity index (χ3n) is 5.67. The molecule has 8 heteroatoms. The van der Waals surface area contributed by atoms with Gasteiger partial charge in [0, 0.05) is 18.3 Å². The number of nitrogens with one attached hydrogen (secondary N) is 1. The van der Waals surface area contributed by atoms with Gasteiger partial charge in [-0.15, -0.1) is 0 Å². The van der Waals surface area contributed by atoms with Crippen molar-refractivity contribution in [2.45, 2.75) is 24.5 Å². The molecule has 1 aliphatic heterocycles. The lowest BCUT2D eigenvalue weighted by Gasteiger charge is -2.19. The van der Waals surface area contributed by atoms with Crippen LogP contribution >= 0.6 is 11.8 Å². The summed E-state index contributed by atoms with van der Waals surface area (Å²) in [6, 6.07) is 22.8. The van der Waals surface area contributed by atoms with Crippen molar-refractivity contribution in [1.82, 2.24) is 9.55 Å². The molecule has 1 amide bonds. The molecular weight excluding hydrogens is 462 g/mol. The monoisotopic (exact) mass is 487 g/mol. The molecule has 0 saturated carbocycles. The number of benzene rings is 3. The zero-order chi connectivity index (χ0) is 24.0. The predicted molar refractivity (Wildman–Crippen MR) is 138 cm³/mol. The van der Waals surface area contributed by atoms with E-state index in [2.05, 4.69) is 17.4 Å². The first-order valence-electron chi connectivity index (χ1n) is 11.5. The molecular formula is C27H25N3O4S. The number of fused-ring (bicyclic) bond motifs is 2. The van der Waals surface area contributed by atoms with Crippen LogP contribution in [0.2, 0.25) is 0 Å². The Morgan fingerprint density at radius 2 is 1.74 bits per heavy atom. The number of nitrogens with zero attached hydrogens (tertiary/aromatic N) is 2. The Bertz CT molecular complexity index is 1400. The normalized spacial score (nSPS) is 12.5. The second kappa shape index (κ2) is 10.7. The van der Waals surface area contributed by atoms with Crippen LogP contribution in [0, 0.1) is 0 Å². The molecule has 1 aromatic heterocycles. The summed E-state index contributed by atoms with van der Waals surface area (Å²) in [4.78, 5) is 30.6. The minimum atomic E-state index is -0.190. The fourth-order valence-electron chi connectivity index (χ4n) is 3.99. The maximum absolute atomic E-state index is 13.2. The zero-order valence-electron chi connectivity index (χ0n) is 19.1. The number of hydrogen-bond acceptors (Lipinski definition) is 6. The average Bonchev–Trinajstić information content (AvgIpc) is 2.89. The van der Waals surface area contributed by atoms with Gasteiger partial charge < -0.3 is 14.8 Å². The third kappa shape index (κ3) is 5.49. The summed E-state index contributed by atoms with van der Waals surface area (Å²) >= 11 is 1.26. The Labute approximate surface area is 207 Å². The SMILES string of the molecule is O=C(CSc1nc2ccccc2c(=O)n1CCCc1ccccc1)Nc1ccc2c(c1)OCCO2. The second-order valence-electron chi connectivity index (χ2n) is 8.15. The molecule has 0 aliphatic carbocycles. The van der Waals surface area contributed by atoms with E-state index in [-0.39, 0.29) is 17.2 Å². The van der Waals surface area contributed by atoms with Gasteiger partial charge in [0.1, 0.15) is 13.2 Å². The number of anilines is 1. The van der Waals surface area contributed by atoms with E-state index >= 15 is 0 Å². The van der Waals surface area contributed by atoms with Crippen LogP contribution in [0.5, 0.6) is 11.5 Å². The smallest absolute Gasteiger partial charge is 0.262 e. The average molecular weight is 488 g/mol. The molecule has 2 heterocycles. The van der Waals surface area contributed by atoms with E-state index in [0.717, 1.165) is 12.8 Å². The van der Waals surface area contributed by atoms with Crippen molar-refractivity contribution in [2.24, 2.45) is 0 Å². The number of para-hydroxylation sites is 1. The maximum Gasteiger partial charge on any atom is 0.262 e. The van der Waals surface area contributed by atoms with Gasteiger partial charge in [0.2, 0.25) is 5.91 Å². The van der Waals surface area contributed by atoms with Gasteiger partial charge in [0.15, 0.2) is 16.7 Å². The number of hydrogen-bond donors (Lipinski definition) is 1. The number of carbonyl (C=O) groups is 1. The van der Waals surface area contributed by atoms with Crippen molar-refractivity contribution in [3.05, 3.63) is 88.7 Å². The van der Waals surface area contributed by atoms with Gasteiger partial charge in [0.25, 0.3) is 5.56 Å². The lowest BCUT2D eigenvalue weighted by Crippen LogP contribution is -2.24. The van der Waals surface area contributed by atoms with Crippen LogP contribution in [0.15, 0.2) is 82.7 Å². The standard InChI is InChI=1S/C27H25N3O4S/c31-25(28-20-12-13-23-24(17-20)34-16-15-33-23)18-35-27-29-22-11-5-4-10-21(22)26(32)30(27)14-6-9-19-7-2-1-3-8-19/h1-5,7-8,10-13,17H,6,9,14-16,18H2,(H,28,31). The van der Waals surface area contributed by atoms with Crippen molar-refractivity contribution in [1.29, 1.82) is 0 Å².